The van der Waals surface area contributed by atoms with E-state index >= 15 is 0 Å². The zero-order valence-corrected chi connectivity index (χ0v) is 9.19. The summed E-state index contributed by atoms with van der Waals surface area (Å²) in [4.78, 5) is 26.0. The van der Waals surface area contributed by atoms with Gasteiger partial charge in [-0.2, -0.15) is 0 Å². The molecule has 82 valence electrons. The molecule has 16 heavy (non-hydrogen) atoms. The second-order valence-electron chi connectivity index (χ2n) is 2.73. The smallest absolute Gasteiger partial charge is 0.358 e. The van der Waals surface area contributed by atoms with Crippen LogP contribution in [0.25, 0.3) is 0 Å². The average Bonchev–Trinajstić information content (AvgIpc) is 2.82. The molecule has 1 N–H and O–H groups in total. The number of aromatic nitrogens is 4. The average molecular weight is 236 g/mol. The summed E-state index contributed by atoms with van der Waals surface area (Å²) < 4.78 is 4.52. The van der Waals surface area contributed by atoms with E-state index in [4.69, 9.17) is 0 Å². The van der Waals surface area contributed by atoms with Crippen LogP contribution >= 0.6 is 11.8 Å². The number of rotatable bonds is 3. The van der Waals surface area contributed by atoms with Crippen LogP contribution in [0.2, 0.25) is 0 Å². The van der Waals surface area contributed by atoms with E-state index in [0.717, 1.165) is 5.16 Å². The van der Waals surface area contributed by atoms with Crippen LogP contribution in [0.1, 0.15) is 10.5 Å². The first-order chi connectivity index (χ1) is 7.79. The topological polar surface area (TPSA) is 80.8 Å². The van der Waals surface area contributed by atoms with Gasteiger partial charge in [0.2, 0.25) is 0 Å². The number of carbonyl (C=O) groups is 1. The van der Waals surface area contributed by atoms with E-state index in [1.165, 1.54) is 31.3 Å². The molecule has 0 fully saturated rings. The first-order valence-corrected chi connectivity index (χ1v) is 5.19. The predicted octanol–water partition coefficient (Wildman–Crippen LogP) is 1.14. The molecule has 0 radical (unpaired) electrons. The number of hydrogen-bond donors (Lipinski definition) is 1. The normalized spacial score (nSPS) is 10.1. The highest BCUT2D eigenvalue weighted by atomic mass is 32.2. The van der Waals surface area contributed by atoms with Crippen LogP contribution in [0.4, 0.5) is 0 Å². The van der Waals surface area contributed by atoms with Crippen LogP contribution in [0, 0.1) is 0 Å². The van der Waals surface area contributed by atoms with Crippen molar-refractivity contribution < 1.29 is 9.53 Å². The Morgan fingerprint density at radius 3 is 2.81 bits per heavy atom. The van der Waals surface area contributed by atoms with Gasteiger partial charge in [-0.05, 0) is 11.8 Å². The Morgan fingerprint density at radius 2 is 2.25 bits per heavy atom. The maximum atomic E-state index is 11.1. The van der Waals surface area contributed by atoms with Crippen molar-refractivity contribution in [3.05, 3.63) is 30.5 Å². The number of hydrogen-bond acceptors (Lipinski definition) is 6. The van der Waals surface area contributed by atoms with E-state index in [0.29, 0.717) is 5.03 Å². The molecule has 0 spiro atoms. The maximum Gasteiger partial charge on any atom is 0.358 e. The SMILES string of the molecule is COC(=O)c1cnc(Sc2ncc[nH]2)cn1. The van der Waals surface area contributed by atoms with Gasteiger partial charge in [0.05, 0.1) is 19.5 Å². The molecule has 0 saturated carbocycles. The van der Waals surface area contributed by atoms with Gasteiger partial charge in [-0.3, -0.25) is 0 Å². The Bertz CT molecular complexity index is 469. The van der Waals surface area contributed by atoms with Gasteiger partial charge in [-0.15, -0.1) is 0 Å². The van der Waals surface area contributed by atoms with Crippen LogP contribution in [0.15, 0.2) is 35.0 Å². The quantitative estimate of drug-likeness (QED) is 0.805. The number of carbonyl (C=O) groups excluding carboxylic acids is 1. The van der Waals surface area contributed by atoms with Crippen LogP contribution in [-0.4, -0.2) is 33.0 Å². The first kappa shape index (κ1) is 10.6. The second kappa shape index (κ2) is 4.75. The molecule has 0 aromatic carbocycles. The second-order valence-corrected chi connectivity index (χ2v) is 3.74. The Kier molecular flexibility index (Phi) is 3.16. The van der Waals surface area contributed by atoms with Crippen molar-refractivity contribution in [2.45, 2.75) is 10.2 Å². The van der Waals surface area contributed by atoms with E-state index in [9.17, 15) is 4.79 Å². The number of aromatic amines is 1. The third-order valence-corrected chi connectivity index (χ3v) is 2.53. The number of esters is 1. The summed E-state index contributed by atoms with van der Waals surface area (Å²) in [5.41, 5.74) is 0.186. The van der Waals surface area contributed by atoms with Crippen molar-refractivity contribution in [2.24, 2.45) is 0 Å². The van der Waals surface area contributed by atoms with Gasteiger partial charge in [0.15, 0.2) is 10.9 Å². The number of ether oxygens (including phenoxy) is 1. The standard InChI is InChI=1S/C9H8N4O2S/c1-15-8(14)6-4-13-7(5-12-6)16-9-10-2-3-11-9/h2-5H,1H3,(H,10,11). The summed E-state index contributed by atoms with van der Waals surface area (Å²) in [7, 11) is 1.30. The molecule has 2 aromatic rings. The monoisotopic (exact) mass is 236 g/mol. The highest BCUT2D eigenvalue weighted by Crippen LogP contribution is 2.20. The zero-order chi connectivity index (χ0) is 11.4. The summed E-state index contributed by atoms with van der Waals surface area (Å²) in [6.45, 7) is 0. The number of nitrogens with zero attached hydrogens (tertiary/aromatic N) is 3. The lowest BCUT2D eigenvalue weighted by atomic mass is 10.5. The third-order valence-electron chi connectivity index (χ3n) is 1.70. The molecule has 0 aliphatic rings. The molecule has 0 amide bonds. The largest absolute Gasteiger partial charge is 0.464 e. The van der Waals surface area contributed by atoms with Gasteiger partial charge < -0.3 is 9.72 Å². The molecular formula is C9H8N4O2S. The van der Waals surface area contributed by atoms with Gasteiger partial charge in [-0.1, -0.05) is 0 Å². The molecule has 2 aromatic heterocycles. The Morgan fingerprint density at radius 1 is 1.38 bits per heavy atom. The predicted molar refractivity (Wildman–Crippen MR) is 56.1 cm³/mol. The lowest BCUT2D eigenvalue weighted by Gasteiger charge is -1.99. The van der Waals surface area contributed by atoms with E-state index in [2.05, 4.69) is 24.7 Å². The minimum absolute atomic E-state index is 0.186. The number of H-pyrrole nitrogens is 1. The number of nitrogens with one attached hydrogen (secondary N) is 1. The fraction of sp³-hybridized carbons (Fsp3) is 0.111. The van der Waals surface area contributed by atoms with Gasteiger partial charge in [0, 0.05) is 12.4 Å². The van der Waals surface area contributed by atoms with Gasteiger partial charge in [-0.25, -0.2) is 19.7 Å². The highest BCUT2D eigenvalue weighted by molar-refractivity contribution is 7.99. The van der Waals surface area contributed by atoms with E-state index in [-0.39, 0.29) is 5.69 Å². The molecule has 0 saturated heterocycles. The molecule has 0 aliphatic heterocycles. The van der Waals surface area contributed by atoms with E-state index in [1.54, 1.807) is 12.4 Å². The van der Waals surface area contributed by atoms with Crippen molar-refractivity contribution in [3.63, 3.8) is 0 Å². The molecule has 2 heterocycles. The van der Waals surface area contributed by atoms with Gasteiger partial charge >= 0.3 is 5.97 Å². The zero-order valence-electron chi connectivity index (χ0n) is 8.38. The Hall–Kier alpha value is -1.89. The third kappa shape index (κ3) is 2.37. The fourth-order valence-electron chi connectivity index (χ4n) is 0.985. The summed E-state index contributed by atoms with van der Waals surface area (Å²) in [5, 5.41) is 1.38. The molecule has 0 atom stereocenters. The minimum atomic E-state index is -0.498. The van der Waals surface area contributed by atoms with Crippen LogP contribution in [0.3, 0.4) is 0 Å². The van der Waals surface area contributed by atoms with Crippen molar-refractivity contribution in [3.8, 4) is 0 Å². The summed E-state index contributed by atoms with van der Waals surface area (Å²) in [6.07, 6.45) is 6.24. The van der Waals surface area contributed by atoms with Crippen molar-refractivity contribution in [1.82, 2.24) is 19.9 Å². The fourth-order valence-corrected chi connectivity index (χ4v) is 1.63. The maximum absolute atomic E-state index is 11.1. The van der Waals surface area contributed by atoms with Gasteiger partial charge in [0.25, 0.3) is 0 Å². The Labute approximate surface area is 95.5 Å². The van der Waals surface area contributed by atoms with Crippen molar-refractivity contribution in [1.29, 1.82) is 0 Å². The Balaban J connectivity index is 2.10. The summed E-state index contributed by atoms with van der Waals surface area (Å²) in [5.74, 6) is -0.498. The molecule has 0 aliphatic carbocycles. The molecule has 0 unspecified atom stereocenters. The molecule has 0 bridgehead atoms. The lowest BCUT2D eigenvalue weighted by Crippen LogP contribution is -2.04. The highest BCUT2D eigenvalue weighted by Gasteiger charge is 2.08. The summed E-state index contributed by atoms with van der Waals surface area (Å²) in [6, 6.07) is 0. The summed E-state index contributed by atoms with van der Waals surface area (Å²) >= 11 is 1.33. The molecule has 6 nitrogen and oxygen atoms in total. The van der Waals surface area contributed by atoms with E-state index in [1.807, 2.05) is 0 Å². The molecule has 7 heteroatoms. The van der Waals surface area contributed by atoms with Crippen molar-refractivity contribution >= 4 is 17.7 Å². The van der Waals surface area contributed by atoms with Gasteiger partial charge in [0.1, 0.15) is 5.03 Å². The van der Waals surface area contributed by atoms with E-state index < -0.39 is 5.97 Å². The lowest BCUT2D eigenvalue weighted by molar-refractivity contribution is 0.0593. The number of methoxy groups -OCH3 is 1. The van der Waals surface area contributed by atoms with Crippen molar-refractivity contribution in [2.75, 3.05) is 7.11 Å². The molecular weight excluding hydrogens is 228 g/mol. The minimum Gasteiger partial charge on any atom is -0.464 e. The molecule has 2 rings (SSSR count). The van der Waals surface area contributed by atoms with Crippen LogP contribution < -0.4 is 0 Å². The first-order valence-electron chi connectivity index (χ1n) is 4.37. The number of imidazole rings is 1. The van der Waals surface area contributed by atoms with Crippen LogP contribution in [0.5, 0.6) is 0 Å². The van der Waals surface area contributed by atoms with Crippen LogP contribution in [-0.2, 0) is 4.74 Å².